The fraction of sp³-hybridized carbons (Fsp3) is 0.300. The van der Waals surface area contributed by atoms with Crippen LogP contribution in [0, 0.1) is 17.6 Å². The van der Waals surface area contributed by atoms with Crippen molar-refractivity contribution in [1.29, 1.82) is 0 Å². The minimum atomic E-state index is -1.35. The highest BCUT2D eigenvalue weighted by Gasteiger charge is 2.61. The zero-order valence-corrected chi connectivity index (χ0v) is 16.4. The highest BCUT2D eigenvalue weighted by Crippen LogP contribution is 2.47. The fourth-order valence-corrected chi connectivity index (χ4v) is 4.18. The lowest BCUT2D eigenvalue weighted by molar-refractivity contribution is -0.164. The van der Waals surface area contributed by atoms with Crippen LogP contribution in [-0.4, -0.2) is 39.7 Å². The number of nitrogens with two attached hydrogens (primary N) is 1. The maximum absolute atomic E-state index is 14.4. The average Bonchev–Trinajstić information content (AvgIpc) is 2.65. The molecule has 2 aromatic rings. The van der Waals surface area contributed by atoms with E-state index in [0.29, 0.717) is 5.56 Å². The Bertz CT molecular complexity index is 1040. The first kappa shape index (κ1) is 20.2. The summed E-state index contributed by atoms with van der Waals surface area (Å²) >= 11 is 5.73. The Kier molecular flexibility index (Phi) is 4.93. The number of primary amides is 1. The SMILES string of the molecule is NC(=O)[C@H]1C[C@]2(C1)C(=O)N(c1ncc(Cl)cc1F)CC(=O)N2Cc1ccc(F)cc1. The van der Waals surface area contributed by atoms with E-state index in [9.17, 15) is 23.2 Å². The Morgan fingerprint density at radius 1 is 1.23 bits per heavy atom. The van der Waals surface area contributed by atoms with Crippen molar-refractivity contribution in [2.75, 3.05) is 11.4 Å². The molecule has 1 aromatic heterocycles. The summed E-state index contributed by atoms with van der Waals surface area (Å²) in [4.78, 5) is 44.3. The number of carbonyl (C=O) groups excluding carboxylic acids is 3. The van der Waals surface area contributed by atoms with Crippen molar-refractivity contribution in [2.24, 2.45) is 11.7 Å². The molecule has 7 nitrogen and oxygen atoms in total. The number of hydrogen-bond donors (Lipinski definition) is 1. The quantitative estimate of drug-likeness (QED) is 0.796. The molecule has 30 heavy (non-hydrogen) atoms. The third-order valence-electron chi connectivity index (χ3n) is 5.62. The van der Waals surface area contributed by atoms with Crippen LogP contribution < -0.4 is 10.6 Å². The van der Waals surface area contributed by atoms with Gasteiger partial charge >= 0.3 is 0 Å². The maximum Gasteiger partial charge on any atom is 0.254 e. The summed E-state index contributed by atoms with van der Waals surface area (Å²) in [6.07, 6.45) is 1.24. The summed E-state index contributed by atoms with van der Waals surface area (Å²) in [5.74, 6) is -3.72. The summed E-state index contributed by atoms with van der Waals surface area (Å²) in [6.45, 7) is -0.380. The summed E-state index contributed by atoms with van der Waals surface area (Å²) < 4.78 is 27.7. The lowest BCUT2D eigenvalue weighted by atomic mass is 9.65. The van der Waals surface area contributed by atoms with Gasteiger partial charge in [-0.05, 0) is 36.6 Å². The molecule has 1 aromatic carbocycles. The highest BCUT2D eigenvalue weighted by molar-refractivity contribution is 6.30. The molecule has 10 heteroatoms. The minimum absolute atomic E-state index is 0.0276. The van der Waals surface area contributed by atoms with E-state index in [4.69, 9.17) is 17.3 Å². The number of aromatic nitrogens is 1. The molecular weight excluding hydrogens is 418 g/mol. The van der Waals surface area contributed by atoms with Gasteiger partial charge in [-0.25, -0.2) is 13.8 Å². The second-order valence-electron chi connectivity index (χ2n) is 7.50. The lowest BCUT2D eigenvalue weighted by Crippen LogP contribution is -2.73. The van der Waals surface area contributed by atoms with E-state index < -0.39 is 47.4 Å². The molecule has 0 unspecified atom stereocenters. The Balaban J connectivity index is 1.70. The monoisotopic (exact) mass is 434 g/mol. The average molecular weight is 435 g/mol. The van der Waals surface area contributed by atoms with E-state index >= 15 is 0 Å². The van der Waals surface area contributed by atoms with Crippen molar-refractivity contribution in [3.05, 3.63) is 58.7 Å². The molecule has 1 aliphatic heterocycles. The molecule has 0 atom stereocenters. The Morgan fingerprint density at radius 3 is 2.50 bits per heavy atom. The van der Waals surface area contributed by atoms with Gasteiger partial charge in [-0.15, -0.1) is 0 Å². The van der Waals surface area contributed by atoms with E-state index in [1.54, 1.807) is 0 Å². The maximum atomic E-state index is 14.4. The van der Waals surface area contributed by atoms with Gasteiger partial charge < -0.3 is 10.6 Å². The molecule has 0 bridgehead atoms. The van der Waals surface area contributed by atoms with Crippen LogP contribution in [0.2, 0.25) is 5.02 Å². The Morgan fingerprint density at radius 2 is 1.90 bits per heavy atom. The first-order valence-corrected chi connectivity index (χ1v) is 9.56. The second kappa shape index (κ2) is 7.32. The van der Waals surface area contributed by atoms with E-state index in [1.807, 2.05) is 0 Å². The van der Waals surface area contributed by atoms with Crippen molar-refractivity contribution in [1.82, 2.24) is 9.88 Å². The number of benzene rings is 1. The van der Waals surface area contributed by atoms with Crippen molar-refractivity contribution >= 4 is 35.1 Å². The molecule has 1 aliphatic carbocycles. The molecule has 3 amide bonds. The van der Waals surface area contributed by atoms with Crippen LogP contribution in [0.15, 0.2) is 36.5 Å². The van der Waals surface area contributed by atoms with Gasteiger partial charge in [-0.1, -0.05) is 23.7 Å². The van der Waals surface area contributed by atoms with E-state index in [2.05, 4.69) is 4.98 Å². The number of pyridine rings is 1. The zero-order valence-electron chi connectivity index (χ0n) is 15.6. The molecule has 1 spiro atoms. The lowest BCUT2D eigenvalue weighted by Gasteiger charge is -2.56. The molecule has 2 fully saturated rings. The summed E-state index contributed by atoms with van der Waals surface area (Å²) in [5.41, 5.74) is 4.64. The van der Waals surface area contributed by atoms with E-state index in [-0.39, 0.29) is 30.2 Å². The first-order valence-electron chi connectivity index (χ1n) is 9.18. The zero-order chi connectivity index (χ0) is 21.6. The number of piperazine rings is 1. The van der Waals surface area contributed by atoms with Gasteiger partial charge in [0.05, 0.1) is 5.02 Å². The van der Waals surface area contributed by atoms with Crippen LogP contribution >= 0.6 is 11.6 Å². The van der Waals surface area contributed by atoms with Crippen LogP contribution in [0.4, 0.5) is 14.6 Å². The van der Waals surface area contributed by atoms with E-state index in [0.717, 1.165) is 11.0 Å². The molecule has 1 saturated heterocycles. The van der Waals surface area contributed by atoms with Gasteiger partial charge in [-0.2, -0.15) is 0 Å². The van der Waals surface area contributed by atoms with E-state index in [1.165, 1.54) is 35.4 Å². The fourth-order valence-electron chi connectivity index (χ4n) is 4.04. The molecule has 1 saturated carbocycles. The normalized spacial score (nSPS) is 23.6. The summed E-state index contributed by atoms with van der Waals surface area (Å²) in [5, 5.41) is 0.0529. The molecular formula is C20H17ClF2N4O3. The van der Waals surface area contributed by atoms with Crippen LogP contribution in [0.25, 0.3) is 0 Å². The van der Waals surface area contributed by atoms with Crippen LogP contribution in [-0.2, 0) is 20.9 Å². The van der Waals surface area contributed by atoms with Gasteiger partial charge in [0.2, 0.25) is 11.8 Å². The molecule has 0 radical (unpaired) electrons. The number of hydrogen-bond acceptors (Lipinski definition) is 4. The molecule has 4 rings (SSSR count). The predicted octanol–water partition coefficient (Wildman–Crippen LogP) is 2.02. The second-order valence-corrected chi connectivity index (χ2v) is 7.93. The molecule has 2 N–H and O–H groups in total. The Labute approximate surface area is 175 Å². The number of anilines is 1. The van der Waals surface area contributed by atoms with Crippen LogP contribution in [0.5, 0.6) is 0 Å². The van der Waals surface area contributed by atoms with Crippen LogP contribution in [0.3, 0.4) is 0 Å². The summed E-state index contributed by atoms with van der Waals surface area (Å²) in [7, 11) is 0. The third kappa shape index (κ3) is 3.28. The molecule has 2 aliphatic rings. The molecule has 2 heterocycles. The van der Waals surface area contributed by atoms with Crippen LogP contribution in [0.1, 0.15) is 18.4 Å². The van der Waals surface area contributed by atoms with Gasteiger partial charge in [-0.3, -0.25) is 19.3 Å². The standard InChI is InChI=1S/C20H17ClF2N4O3/c21-13-5-15(23)18(25-8-13)26-10-16(28)27(9-11-1-3-14(22)4-2-11)20(19(26)30)6-12(7-20)17(24)29/h1-5,8,12H,6-7,9-10H2,(H2,24,29)/t12-,20-. The number of rotatable bonds is 4. The number of halogens is 3. The molecule has 156 valence electrons. The topological polar surface area (TPSA) is 96.6 Å². The highest BCUT2D eigenvalue weighted by atomic mass is 35.5. The smallest absolute Gasteiger partial charge is 0.254 e. The predicted molar refractivity (Wildman–Crippen MR) is 103 cm³/mol. The number of carbonyl (C=O) groups is 3. The summed E-state index contributed by atoms with van der Waals surface area (Å²) in [6, 6.07) is 6.54. The Hall–Kier alpha value is -3.07. The number of amides is 3. The first-order chi connectivity index (χ1) is 14.2. The minimum Gasteiger partial charge on any atom is -0.369 e. The van der Waals surface area contributed by atoms with Crippen molar-refractivity contribution in [3.8, 4) is 0 Å². The van der Waals surface area contributed by atoms with Crippen molar-refractivity contribution in [3.63, 3.8) is 0 Å². The number of nitrogens with zero attached hydrogens (tertiary/aromatic N) is 3. The van der Waals surface area contributed by atoms with Crippen molar-refractivity contribution < 1.29 is 23.2 Å². The van der Waals surface area contributed by atoms with Gasteiger partial charge in [0.25, 0.3) is 5.91 Å². The largest absolute Gasteiger partial charge is 0.369 e. The third-order valence-corrected chi connectivity index (χ3v) is 5.83. The van der Waals surface area contributed by atoms with Crippen molar-refractivity contribution in [2.45, 2.75) is 24.9 Å². The van der Waals surface area contributed by atoms with Gasteiger partial charge in [0, 0.05) is 18.7 Å². The van der Waals surface area contributed by atoms with Gasteiger partial charge in [0.15, 0.2) is 11.6 Å². The van der Waals surface area contributed by atoms with Gasteiger partial charge in [0.1, 0.15) is 17.9 Å².